The summed E-state index contributed by atoms with van der Waals surface area (Å²) in [7, 11) is 0. The molecule has 2 atom stereocenters. The van der Waals surface area contributed by atoms with Crippen LogP contribution in [0.2, 0.25) is 0 Å². The lowest BCUT2D eigenvalue weighted by Crippen LogP contribution is -2.61. The lowest BCUT2D eigenvalue weighted by molar-refractivity contribution is -0.136. The van der Waals surface area contributed by atoms with Crippen LogP contribution in [0.5, 0.6) is 0 Å². The van der Waals surface area contributed by atoms with Gasteiger partial charge in [0.2, 0.25) is 0 Å². The highest BCUT2D eigenvalue weighted by Crippen LogP contribution is 2.55. The zero-order chi connectivity index (χ0) is 19.3. The van der Waals surface area contributed by atoms with Crippen LogP contribution in [0.4, 0.5) is 0 Å². The maximum atomic E-state index is 12.9. The van der Waals surface area contributed by atoms with Crippen molar-refractivity contribution < 1.29 is 14.7 Å². The second-order valence-corrected chi connectivity index (χ2v) is 8.97. The molecule has 0 radical (unpaired) electrons. The summed E-state index contributed by atoms with van der Waals surface area (Å²) < 4.78 is 0. The monoisotopic (exact) mass is 375 g/mol. The van der Waals surface area contributed by atoms with Crippen LogP contribution in [0, 0.1) is 17.8 Å². The predicted octanol–water partition coefficient (Wildman–Crippen LogP) is 3.59. The Morgan fingerprint density at radius 1 is 0.857 bits per heavy atom. The second kappa shape index (κ2) is 6.56. The summed E-state index contributed by atoms with van der Waals surface area (Å²) in [5, 5.41) is 14.0. The van der Waals surface area contributed by atoms with Crippen LogP contribution in [0.25, 0.3) is 0 Å². The molecule has 4 aliphatic rings. The third-order valence-corrected chi connectivity index (χ3v) is 6.96. The zero-order valence-electron chi connectivity index (χ0n) is 15.8. The van der Waals surface area contributed by atoms with E-state index < -0.39 is 5.60 Å². The lowest BCUT2D eigenvalue weighted by atomic mass is 9.52. The Labute approximate surface area is 165 Å². The highest BCUT2D eigenvalue weighted by Gasteiger charge is 2.55. The first-order chi connectivity index (χ1) is 13.5. The number of carbonyl (C=O) groups is 2. The normalized spacial score (nSPS) is 32.9. The highest BCUT2D eigenvalue weighted by atomic mass is 16.3. The average Bonchev–Trinajstić information content (AvgIpc) is 2.69. The Morgan fingerprint density at radius 3 is 2.18 bits per heavy atom. The molecule has 2 N–H and O–H groups in total. The largest absolute Gasteiger partial charge is 0.390 e. The van der Waals surface area contributed by atoms with Gasteiger partial charge in [-0.25, -0.2) is 0 Å². The van der Waals surface area contributed by atoms with Gasteiger partial charge in [-0.2, -0.15) is 0 Å². The molecule has 2 aromatic carbocycles. The minimum absolute atomic E-state index is 0.0768. The Kier molecular flexibility index (Phi) is 4.13. The molecule has 4 aliphatic carbocycles. The zero-order valence-corrected chi connectivity index (χ0v) is 15.8. The molecule has 4 nitrogen and oxygen atoms in total. The van der Waals surface area contributed by atoms with Gasteiger partial charge in [0.05, 0.1) is 5.60 Å². The van der Waals surface area contributed by atoms with Crippen LogP contribution >= 0.6 is 0 Å². The van der Waals surface area contributed by atoms with Crippen LogP contribution in [0.3, 0.4) is 0 Å². The molecule has 2 aromatic rings. The fourth-order valence-corrected chi connectivity index (χ4v) is 6.01. The van der Waals surface area contributed by atoms with Crippen molar-refractivity contribution >= 4 is 11.7 Å². The summed E-state index contributed by atoms with van der Waals surface area (Å²) in [5.74, 6) is 1.16. The second-order valence-electron chi connectivity index (χ2n) is 8.97. The number of aliphatic hydroxyl groups is 1. The van der Waals surface area contributed by atoms with E-state index in [1.807, 2.05) is 18.2 Å². The topological polar surface area (TPSA) is 66.4 Å². The first-order valence-corrected chi connectivity index (χ1v) is 10.2. The molecule has 4 fully saturated rings. The molecule has 6 rings (SSSR count). The van der Waals surface area contributed by atoms with Crippen molar-refractivity contribution in [2.75, 3.05) is 0 Å². The molecule has 0 heterocycles. The Bertz CT molecular complexity index is 906. The van der Waals surface area contributed by atoms with E-state index in [2.05, 4.69) is 5.32 Å². The standard InChI is InChI=1S/C24H25NO3/c26-22(16-5-2-1-3-6-16)17-7-4-8-18(11-17)23(27)25-21-19-9-15-10-20(21)14-24(28,12-15)13-19/h1-8,11,15,19-21,28H,9-10,12-14H2,(H,25,27)/t15?,19?,20?,21-,24-. The molecule has 4 heteroatoms. The first kappa shape index (κ1) is 17.6. The van der Waals surface area contributed by atoms with Crippen LogP contribution in [0.1, 0.15) is 58.4 Å². The minimum atomic E-state index is -0.500. The SMILES string of the molecule is O=C(N[C@H]1C2CC3CC1C[C@](O)(C3)C2)c1cccc(C(=O)c2ccccc2)c1. The highest BCUT2D eigenvalue weighted by molar-refractivity contribution is 6.10. The maximum Gasteiger partial charge on any atom is 0.251 e. The van der Waals surface area contributed by atoms with Crippen LogP contribution in [-0.4, -0.2) is 28.4 Å². The number of benzene rings is 2. The number of rotatable bonds is 4. The number of amides is 1. The van der Waals surface area contributed by atoms with Gasteiger partial charge >= 0.3 is 0 Å². The molecule has 28 heavy (non-hydrogen) atoms. The fourth-order valence-electron chi connectivity index (χ4n) is 6.01. The van der Waals surface area contributed by atoms with Crippen LogP contribution in [0.15, 0.2) is 54.6 Å². The van der Waals surface area contributed by atoms with Gasteiger partial charge in [0.25, 0.3) is 5.91 Å². The number of hydrogen-bond donors (Lipinski definition) is 2. The third-order valence-electron chi connectivity index (χ3n) is 6.96. The summed E-state index contributed by atoms with van der Waals surface area (Å²) in [5.41, 5.74) is 1.17. The van der Waals surface area contributed by atoms with Crippen LogP contribution in [-0.2, 0) is 0 Å². The molecule has 4 bridgehead atoms. The molecular weight excluding hydrogens is 350 g/mol. The number of hydrogen-bond acceptors (Lipinski definition) is 3. The van der Waals surface area contributed by atoms with Gasteiger partial charge in [0.15, 0.2) is 5.78 Å². The maximum absolute atomic E-state index is 12.9. The molecule has 1 amide bonds. The molecule has 0 spiro atoms. The van der Waals surface area contributed by atoms with Crippen molar-refractivity contribution in [2.45, 2.75) is 43.7 Å². The van der Waals surface area contributed by atoms with Gasteiger partial charge in [-0.1, -0.05) is 42.5 Å². The van der Waals surface area contributed by atoms with Gasteiger partial charge in [-0.3, -0.25) is 9.59 Å². The van der Waals surface area contributed by atoms with Crippen molar-refractivity contribution in [3.8, 4) is 0 Å². The van der Waals surface area contributed by atoms with Crippen molar-refractivity contribution in [2.24, 2.45) is 17.8 Å². The summed E-state index contributed by atoms with van der Waals surface area (Å²) in [6.45, 7) is 0. The van der Waals surface area contributed by atoms with Crippen molar-refractivity contribution in [1.82, 2.24) is 5.32 Å². The van der Waals surface area contributed by atoms with E-state index in [0.29, 0.717) is 34.4 Å². The minimum Gasteiger partial charge on any atom is -0.390 e. The molecular formula is C24H25NO3. The quantitative estimate of drug-likeness (QED) is 0.803. The first-order valence-electron chi connectivity index (χ1n) is 10.2. The van der Waals surface area contributed by atoms with E-state index in [4.69, 9.17) is 0 Å². The lowest BCUT2D eigenvalue weighted by Gasteiger charge is -2.58. The smallest absolute Gasteiger partial charge is 0.251 e. The number of nitrogens with one attached hydrogen (secondary N) is 1. The summed E-state index contributed by atoms with van der Waals surface area (Å²) in [4.78, 5) is 25.6. The Morgan fingerprint density at radius 2 is 1.50 bits per heavy atom. The number of ketones is 1. The van der Waals surface area contributed by atoms with E-state index in [1.165, 1.54) is 0 Å². The van der Waals surface area contributed by atoms with Gasteiger partial charge < -0.3 is 10.4 Å². The molecule has 4 saturated carbocycles. The van der Waals surface area contributed by atoms with E-state index >= 15 is 0 Å². The van der Waals surface area contributed by atoms with E-state index in [0.717, 1.165) is 32.1 Å². The fraction of sp³-hybridized carbons (Fsp3) is 0.417. The van der Waals surface area contributed by atoms with Gasteiger partial charge in [-0.05, 0) is 62.0 Å². The van der Waals surface area contributed by atoms with E-state index in [9.17, 15) is 14.7 Å². The van der Waals surface area contributed by atoms with Crippen LogP contribution < -0.4 is 5.32 Å². The van der Waals surface area contributed by atoms with Crippen molar-refractivity contribution in [3.05, 3.63) is 71.3 Å². The summed E-state index contributed by atoms with van der Waals surface area (Å²) in [6.07, 6.45) is 4.76. The third kappa shape index (κ3) is 3.06. The average molecular weight is 375 g/mol. The Balaban J connectivity index is 1.33. The molecule has 2 unspecified atom stereocenters. The number of carbonyl (C=O) groups excluding carboxylic acids is 2. The van der Waals surface area contributed by atoms with Gasteiger partial charge in [-0.15, -0.1) is 0 Å². The predicted molar refractivity (Wildman–Crippen MR) is 106 cm³/mol. The summed E-state index contributed by atoms with van der Waals surface area (Å²) in [6, 6.07) is 16.2. The van der Waals surface area contributed by atoms with Crippen molar-refractivity contribution in [1.29, 1.82) is 0 Å². The van der Waals surface area contributed by atoms with E-state index in [-0.39, 0.29) is 17.7 Å². The van der Waals surface area contributed by atoms with Crippen molar-refractivity contribution in [3.63, 3.8) is 0 Å². The summed E-state index contributed by atoms with van der Waals surface area (Å²) >= 11 is 0. The molecule has 0 saturated heterocycles. The Hall–Kier alpha value is -2.46. The molecule has 144 valence electrons. The van der Waals surface area contributed by atoms with Gasteiger partial charge in [0, 0.05) is 22.7 Å². The molecule has 0 aromatic heterocycles. The molecule has 0 aliphatic heterocycles. The van der Waals surface area contributed by atoms with E-state index in [1.54, 1.807) is 36.4 Å². The van der Waals surface area contributed by atoms with Gasteiger partial charge in [0.1, 0.15) is 0 Å².